The van der Waals surface area contributed by atoms with Gasteiger partial charge in [0.25, 0.3) is 0 Å². The summed E-state index contributed by atoms with van der Waals surface area (Å²) in [6, 6.07) is 10.2. The fraction of sp³-hybridized carbons (Fsp3) is 0.167. The Morgan fingerprint density at radius 3 is 2.47 bits per heavy atom. The molecule has 0 spiro atoms. The Morgan fingerprint density at radius 1 is 1.40 bits per heavy atom. The van der Waals surface area contributed by atoms with Crippen LogP contribution < -0.4 is 0 Å². The van der Waals surface area contributed by atoms with Crippen LogP contribution in [0, 0.1) is 11.3 Å². The lowest BCUT2D eigenvalue weighted by atomic mass is 10.0. The second-order valence-electron chi connectivity index (χ2n) is 2.98. The van der Waals surface area contributed by atoms with Crippen LogP contribution in [0.5, 0.6) is 0 Å². The van der Waals surface area contributed by atoms with Crippen LogP contribution in [0.3, 0.4) is 0 Å². The SMILES string of the molecule is CCC(O)=C(C#N)C(=O)c1ccccc1. The molecule has 0 heterocycles. The third-order valence-electron chi connectivity index (χ3n) is 2.00. The van der Waals surface area contributed by atoms with Gasteiger partial charge in [-0.05, 0) is 0 Å². The molecular formula is C12H11NO2. The lowest BCUT2D eigenvalue weighted by Gasteiger charge is -2.01. The van der Waals surface area contributed by atoms with Crippen molar-refractivity contribution in [1.29, 1.82) is 5.26 Å². The molecule has 1 aromatic carbocycles. The van der Waals surface area contributed by atoms with Crippen molar-refractivity contribution in [3.05, 3.63) is 47.2 Å². The molecule has 0 saturated heterocycles. The number of ketones is 1. The molecule has 0 saturated carbocycles. The maximum atomic E-state index is 11.7. The first-order chi connectivity index (χ1) is 7.20. The zero-order valence-corrected chi connectivity index (χ0v) is 8.40. The number of rotatable bonds is 3. The number of hydrogen-bond donors (Lipinski definition) is 1. The highest BCUT2D eigenvalue weighted by atomic mass is 16.3. The van der Waals surface area contributed by atoms with Crippen LogP contribution in [0.4, 0.5) is 0 Å². The van der Waals surface area contributed by atoms with Crippen LogP contribution in [-0.2, 0) is 0 Å². The van der Waals surface area contributed by atoms with Crippen molar-refractivity contribution in [2.24, 2.45) is 0 Å². The molecule has 0 aliphatic rings. The summed E-state index contributed by atoms with van der Waals surface area (Å²) in [5.41, 5.74) is 0.234. The number of nitriles is 1. The summed E-state index contributed by atoms with van der Waals surface area (Å²) >= 11 is 0. The molecule has 0 amide bonds. The number of hydrogen-bond acceptors (Lipinski definition) is 3. The molecule has 15 heavy (non-hydrogen) atoms. The first-order valence-corrected chi connectivity index (χ1v) is 4.62. The number of carbonyl (C=O) groups excluding carboxylic acids is 1. The summed E-state index contributed by atoms with van der Waals surface area (Å²) in [7, 11) is 0. The van der Waals surface area contributed by atoms with E-state index in [0.29, 0.717) is 5.56 Å². The van der Waals surface area contributed by atoms with Gasteiger partial charge in [-0.25, -0.2) is 0 Å². The lowest BCUT2D eigenvalue weighted by molar-refractivity contribution is 0.103. The van der Waals surface area contributed by atoms with E-state index in [0.717, 1.165) is 0 Å². The second kappa shape index (κ2) is 4.97. The molecule has 0 fully saturated rings. The Balaban J connectivity index is 3.11. The molecule has 0 unspecified atom stereocenters. The third kappa shape index (κ3) is 2.44. The molecule has 3 nitrogen and oxygen atoms in total. The molecule has 76 valence electrons. The van der Waals surface area contributed by atoms with Gasteiger partial charge < -0.3 is 5.11 Å². The van der Waals surface area contributed by atoms with Gasteiger partial charge in [-0.15, -0.1) is 0 Å². The normalized spacial score (nSPS) is 11.5. The topological polar surface area (TPSA) is 61.1 Å². The van der Waals surface area contributed by atoms with Gasteiger partial charge in [0.15, 0.2) is 0 Å². The summed E-state index contributed by atoms with van der Waals surface area (Å²) in [6.07, 6.45) is 0.279. The van der Waals surface area contributed by atoms with Crippen molar-refractivity contribution < 1.29 is 9.90 Å². The number of carbonyl (C=O) groups is 1. The predicted molar refractivity (Wildman–Crippen MR) is 56.3 cm³/mol. The molecule has 0 aliphatic heterocycles. The maximum Gasteiger partial charge on any atom is 0.206 e. The summed E-state index contributed by atoms with van der Waals surface area (Å²) < 4.78 is 0. The standard InChI is InChI=1S/C12H11NO2/c1-2-11(14)10(8-13)12(15)9-6-4-3-5-7-9/h3-7,14H,2H2,1H3. The van der Waals surface area contributed by atoms with E-state index in [1.807, 2.05) is 0 Å². The molecule has 1 N–H and O–H groups in total. The van der Waals surface area contributed by atoms with E-state index in [-0.39, 0.29) is 17.8 Å². The Kier molecular flexibility index (Phi) is 3.64. The third-order valence-corrected chi connectivity index (χ3v) is 2.00. The van der Waals surface area contributed by atoms with Crippen molar-refractivity contribution in [2.75, 3.05) is 0 Å². The number of allylic oxidation sites excluding steroid dienone is 2. The fourth-order valence-electron chi connectivity index (χ4n) is 1.16. The zero-order valence-electron chi connectivity index (χ0n) is 8.40. The van der Waals surface area contributed by atoms with Crippen molar-refractivity contribution in [3.63, 3.8) is 0 Å². The molecule has 0 atom stereocenters. The number of Topliss-reactive ketones (excluding diaryl/α,β-unsaturated/α-hetero) is 1. The van der Waals surface area contributed by atoms with Gasteiger partial charge in [0.2, 0.25) is 5.78 Å². The van der Waals surface area contributed by atoms with Gasteiger partial charge in [-0.1, -0.05) is 37.3 Å². The molecule has 0 aromatic heterocycles. The van der Waals surface area contributed by atoms with Crippen molar-refractivity contribution >= 4 is 5.78 Å². The average Bonchev–Trinajstić information content (AvgIpc) is 2.30. The summed E-state index contributed by atoms with van der Waals surface area (Å²) in [6.45, 7) is 1.69. The highest BCUT2D eigenvalue weighted by molar-refractivity contribution is 6.11. The minimum absolute atomic E-state index is 0.161. The molecular weight excluding hydrogens is 190 g/mol. The van der Waals surface area contributed by atoms with E-state index in [1.165, 1.54) is 0 Å². The van der Waals surface area contributed by atoms with Crippen LogP contribution in [0.1, 0.15) is 23.7 Å². The quantitative estimate of drug-likeness (QED) is 0.354. The maximum absolute atomic E-state index is 11.7. The fourth-order valence-corrected chi connectivity index (χ4v) is 1.16. The van der Waals surface area contributed by atoms with E-state index >= 15 is 0 Å². The number of nitrogens with zero attached hydrogens (tertiary/aromatic N) is 1. The molecule has 1 aromatic rings. The van der Waals surface area contributed by atoms with Crippen molar-refractivity contribution in [1.82, 2.24) is 0 Å². The molecule has 1 rings (SSSR count). The van der Waals surface area contributed by atoms with Gasteiger partial charge in [0.1, 0.15) is 17.4 Å². The van der Waals surface area contributed by atoms with Crippen molar-refractivity contribution in [3.8, 4) is 6.07 Å². The number of aliphatic hydroxyl groups excluding tert-OH is 1. The Morgan fingerprint density at radius 2 is 2.00 bits per heavy atom. The first-order valence-electron chi connectivity index (χ1n) is 4.62. The van der Waals surface area contributed by atoms with E-state index in [2.05, 4.69) is 0 Å². The average molecular weight is 201 g/mol. The van der Waals surface area contributed by atoms with Crippen LogP contribution >= 0.6 is 0 Å². The highest BCUT2D eigenvalue weighted by Gasteiger charge is 2.15. The predicted octanol–water partition coefficient (Wildman–Crippen LogP) is 2.61. The van der Waals surface area contributed by atoms with Gasteiger partial charge in [0.05, 0.1) is 0 Å². The first kappa shape index (κ1) is 11.0. The monoisotopic (exact) mass is 201 g/mol. The molecule has 0 aliphatic carbocycles. The highest BCUT2D eigenvalue weighted by Crippen LogP contribution is 2.12. The van der Waals surface area contributed by atoms with Crippen LogP contribution in [0.2, 0.25) is 0 Å². The van der Waals surface area contributed by atoms with Gasteiger partial charge in [-0.2, -0.15) is 5.26 Å². The van der Waals surface area contributed by atoms with Gasteiger partial charge >= 0.3 is 0 Å². The summed E-state index contributed by atoms with van der Waals surface area (Å²) in [4.78, 5) is 11.7. The second-order valence-corrected chi connectivity index (χ2v) is 2.98. The van der Waals surface area contributed by atoms with E-state index in [1.54, 1.807) is 43.3 Å². The number of benzene rings is 1. The molecule has 0 bridgehead atoms. The Bertz CT molecular complexity index is 427. The largest absolute Gasteiger partial charge is 0.511 e. The van der Waals surface area contributed by atoms with E-state index < -0.39 is 5.78 Å². The van der Waals surface area contributed by atoms with Crippen molar-refractivity contribution in [2.45, 2.75) is 13.3 Å². The minimum Gasteiger partial charge on any atom is -0.511 e. The number of aliphatic hydroxyl groups is 1. The van der Waals surface area contributed by atoms with Crippen LogP contribution in [0.15, 0.2) is 41.7 Å². The Hall–Kier alpha value is -2.08. The lowest BCUT2D eigenvalue weighted by Crippen LogP contribution is -2.04. The molecule has 0 radical (unpaired) electrons. The van der Waals surface area contributed by atoms with Crippen LogP contribution in [-0.4, -0.2) is 10.9 Å². The van der Waals surface area contributed by atoms with E-state index in [9.17, 15) is 9.90 Å². The van der Waals surface area contributed by atoms with Crippen LogP contribution in [0.25, 0.3) is 0 Å². The Labute approximate surface area is 88.3 Å². The van der Waals surface area contributed by atoms with Gasteiger partial charge in [-0.3, -0.25) is 4.79 Å². The molecule has 3 heteroatoms. The van der Waals surface area contributed by atoms with E-state index in [4.69, 9.17) is 5.26 Å². The summed E-state index contributed by atoms with van der Waals surface area (Å²) in [5, 5.41) is 18.2. The summed E-state index contributed by atoms with van der Waals surface area (Å²) in [5.74, 6) is -0.594. The minimum atomic E-state index is -0.433. The van der Waals surface area contributed by atoms with Gasteiger partial charge in [0, 0.05) is 12.0 Å². The smallest absolute Gasteiger partial charge is 0.206 e. The zero-order chi connectivity index (χ0) is 11.3.